The Balaban J connectivity index is 1.23. The SMILES string of the molecule is CCC1CC(CC2CCC(NC(=O)C3CC(COO)CCC3C(=O)O)C(CC)C2)CCC1NOCC1CC(C(=O)O)CCC1COO. The third-order valence-electron chi connectivity index (χ3n) is 12.5. The lowest BCUT2D eigenvalue weighted by molar-refractivity contribution is -0.257. The summed E-state index contributed by atoms with van der Waals surface area (Å²) in [6, 6.07) is 0.321. The molecule has 1 amide bonds. The molecule has 6 N–H and O–H groups in total. The fraction of sp³-hybridized carbons (Fsp3) is 0.914. The number of rotatable bonds is 16. The second-order valence-electron chi connectivity index (χ2n) is 15.3. The van der Waals surface area contributed by atoms with Crippen LogP contribution in [0, 0.1) is 59.2 Å². The largest absolute Gasteiger partial charge is 0.481 e. The first-order valence-corrected chi connectivity index (χ1v) is 18.3. The second-order valence-corrected chi connectivity index (χ2v) is 15.3. The van der Waals surface area contributed by atoms with Crippen molar-refractivity contribution in [1.82, 2.24) is 10.8 Å². The highest BCUT2D eigenvalue weighted by Crippen LogP contribution is 2.42. The summed E-state index contributed by atoms with van der Waals surface area (Å²) in [6.45, 7) is 5.14. The molecule has 0 bridgehead atoms. The lowest BCUT2D eigenvalue weighted by Gasteiger charge is -2.41. The Hall–Kier alpha value is -1.83. The lowest BCUT2D eigenvalue weighted by Crippen LogP contribution is -2.49. The summed E-state index contributed by atoms with van der Waals surface area (Å²) in [5.41, 5.74) is 3.34. The number of hydroxylamine groups is 1. The molecule has 0 aromatic carbocycles. The number of hydrogen-bond acceptors (Lipinski definition) is 9. The first-order chi connectivity index (χ1) is 22.7. The van der Waals surface area contributed by atoms with Gasteiger partial charge < -0.3 is 20.4 Å². The van der Waals surface area contributed by atoms with Gasteiger partial charge in [0.1, 0.15) is 0 Å². The van der Waals surface area contributed by atoms with Crippen LogP contribution < -0.4 is 10.8 Å². The molecule has 4 rings (SSSR count). The van der Waals surface area contributed by atoms with Crippen molar-refractivity contribution < 1.29 is 49.7 Å². The molecule has 47 heavy (non-hydrogen) atoms. The quantitative estimate of drug-likeness (QED) is 0.0887. The Morgan fingerprint density at radius 2 is 1.26 bits per heavy atom. The summed E-state index contributed by atoms with van der Waals surface area (Å²) in [6.07, 6.45) is 12.9. The van der Waals surface area contributed by atoms with E-state index in [2.05, 4.69) is 34.4 Å². The van der Waals surface area contributed by atoms with Gasteiger partial charge >= 0.3 is 11.9 Å². The van der Waals surface area contributed by atoms with E-state index in [4.69, 9.17) is 15.4 Å². The third-order valence-corrected chi connectivity index (χ3v) is 12.5. The molecule has 4 fully saturated rings. The van der Waals surface area contributed by atoms with Crippen LogP contribution in [0.3, 0.4) is 0 Å². The van der Waals surface area contributed by atoms with E-state index >= 15 is 0 Å². The molecule has 4 aliphatic carbocycles. The zero-order valence-corrected chi connectivity index (χ0v) is 28.4. The van der Waals surface area contributed by atoms with Crippen LogP contribution >= 0.6 is 0 Å². The number of aliphatic carboxylic acids is 2. The van der Waals surface area contributed by atoms with Gasteiger partial charge in [-0.05, 0) is 125 Å². The molecule has 0 radical (unpaired) electrons. The van der Waals surface area contributed by atoms with Crippen molar-refractivity contribution in [3.05, 3.63) is 0 Å². The third kappa shape index (κ3) is 10.6. The van der Waals surface area contributed by atoms with Crippen LogP contribution in [-0.2, 0) is 29.0 Å². The molecule has 0 aromatic heterocycles. The summed E-state index contributed by atoms with van der Waals surface area (Å²) in [4.78, 5) is 51.7. The van der Waals surface area contributed by atoms with Gasteiger partial charge in [0.25, 0.3) is 0 Å². The van der Waals surface area contributed by atoms with Gasteiger partial charge in [0, 0.05) is 12.1 Å². The standard InChI is InChI=1S/C35H60N2O10/c1-3-24-14-21(6-11-31(24)36-33(38)30-16-23(18-46-43)5-10-29(30)35(41)42)13-22-7-12-32(25(4-2)15-22)37-45-19-28-17-26(34(39)40)8-9-27(28)20-47-44/h21-32,37,43-44H,3-20H2,1-2H3,(H,36,38)(H,39,40)(H,41,42). The molecule has 4 aliphatic rings. The number of carbonyl (C=O) groups excluding carboxylic acids is 1. The molecule has 12 atom stereocenters. The Labute approximate surface area is 279 Å². The monoisotopic (exact) mass is 668 g/mol. The Kier molecular flexibility index (Phi) is 15.2. The molecule has 270 valence electrons. The van der Waals surface area contributed by atoms with Crippen LogP contribution in [-0.4, -0.2) is 70.5 Å². The number of hydrogen-bond donors (Lipinski definition) is 6. The normalized spacial score (nSPS) is 38.0. The highest BCUT2D eigenvalue weighted by Gasteiger charge is 2.42. The van der Waals surface area contributed by atoms with Gasteiger partial charge in [-0.1, -0.05) is 26.7 Å². The van der Waals surface area contributed by atoms with E-state index in [0.717, 1.165) is 51.4 Å². The molecule has 0 spiro atoms. The average Bonchev–Trinajstić information content (AvgIpc) is 3.06. The van der Waals surface area contributed by atoms with E-state index in [9.17, 15) is 24.6 Å². The molecular formula is C35H60N2O10. The number of amides is 1. The van der Waals surface area contributed by atoms with Crippen molar-refractivity contribution in [2.24, 2.45) is 59.2 Å². The minimum absolute atomic E-state index is 0.0179. The van der Waals surface area contributed by atoms with Gasteiger partial charge in [-0.3, -0.25) is 24.9 Å². The number of carbonyl (C=O) groups is 3. The lowest BCUT2D eigenvalue weighted by atomic mass is 9.69. The molecule has 12 nitrogen and oxygen atoms in total. The highest BCUT2D eigenvalue weighted by atomic mass is 17.1. The van der Waals surface area contributed by atoms with Gasteiger partial charge in [-0.15, -0.1) is 0 Å². The molecule has 12 heteroatoms. The molecule has 0 heterocycles. The summed E-state index contributed by atoms with van der Waals surface area (Å²) >= 11 is 0. The van der Waals surface area contributed by atoms with E-state index in [0.29, 0.717) is 68.8 Å². The predicted octanol–water partition coefficient (Wildman–Crippen LogP) is 5.62. The summed E-state index contributed by atoms with van der Waals surface area (Å²) in [5, 5.41) is 40.4. The van der Waals surface area contributed by atoms with E-state index in [1.54, 1.807) is 0 Å². The Morgan fingerprint density at radius 3 is 1.87 bits per heavy atom. The minimum atomic E-state index is -0.925. The molecule has 0 aliphatic heterocycles. The first-order valence-electron chi connectivity index (χ1n) is 18.3. The molecular weight excluding hydrogens is 608 g/mol. The first kappa shape index (κ1) is 38.0. The van der Waals surface area contributed by atoms with Crippen LogP contribution in [0.25, 0.3) is 0 Å². The zero-order valence-electron chi connectivity index (χ0n) is 28.4. The minimum Gasteiger partial charge on any atom is -0.481 e. The van der Waals surface area contributed by atoms with E-state index in [1.807, 2.05) is 0 Å². The van der Waals surface area contributed by atoms with Crippen LogP contribution in [0.2, 0.25) is 0 Å². The van der Waals surface area contributed by atoms with Crippen LogP contribution in [0.15, 0.2) is 0 Å². The summed E-state index contributed by atoms with van der Waals surface area (Å²) < 4.78 is 0. The van der Waals surface area contributed by atoms with Crippen LogP contribution in [0.1, 0.15) is 110 Å². The van der Waals surface area contributed by atoms with Crippen molar-refractivity contribution in [1.29, 1.82) is 0 Å². The van der Waals surface area contributed by atoms with E-state index in [1.165, 1.54) is 6.42 Å². The molecule has 0 saturated heterocycles. The maximum absolute atomic E-state index is 13.4. The van der Waals surface area contributed by atoms with Crippen molar-refractivity contribution in [2.45, 2.75) is 122 Å². The Morgan fingerprint density at radius 1 is 0.617 bits per heavy atom. The topological polar surface area (TPSA) is 184 Å². The van der Waals surface area contributed by atoms with Gasteiger partial charge in [-0.25, -0.2) is 9.78 Å². The Bertz CT molecular complexity index is 999. The van der Waals surface area contributed by atoms with Gasteiger partial charge in [0.2, 0.25) is 5.91 Å². The highest BCUT2D eigenvalue weighted by molar-refractivity contribution is 5.85. The van der Waals surface area contributed by atoms with Gasteiger partial charge in [-0.2, -0.15) is 5.48 Å². The smallest absolute Gasteiger partial charge is 0.307 e. The summed E-state index contributed by atoms with van der Waals surface area (Å²) in [5.74, 6) is -1.31. The number of carboxylic acids is 2. The average molecular weight is 669 g/mol. The van der Waals surface area contributed by atoms with E-state index in [-0.39, 0.29) is 54.9 Å². The second kappa shape index (κ2) is 18.8. The summed E-state index contributed by atoms with van der Waals surface area (Å²) in [7, 11) is 0. The zero-order chi connectivity index (χ0) is 33.9. The number of carboxylic acid groups (broad SMARTS) is 2. The fourth-order valence-electron chi connectivity index (χ4n) is 9.59. The molecule has 4 saturated carbocycles. The van der Waals surface area contributed by atoms with Gasteiger partial charge in [0.15, 0.2) is 0 Å². The van der Waals surface area contributed by atoms with Crippen molar-refractivity contribution in [2.75, 3.05) is 19.8 Å². The fourth-order valence-corrected chi connectivity index (χ4v) is 9.59. The van der Waals surface area contributed by atoms with Crippen molar-refractivity contribution in [3.63, 3.8) is 0 Å². The van der Waals surface area contributed by atoms with Crippen molar-refractivity contribution >= 4 is 17.8 Å². The number of nitrogens with one attached hydrogen (secondary N) is 2. The maximum atomic E-state index is 13.4. The van der Waals surface area contributed by atoms with E-state index < -0.39 is 23.8 Å². The maximum Gasteiger partial charge on any atom is 0.307 e. The molecule has 0 aromatic rings. The predicted molar refractivity (Wildman–Crippen MR) is 173 cm³/mol. The van der Waals surface area contributed by atoms with Crippen LogP contribution in [0.4, 0.5) is 0 Å². The molecule has 12 unspecified atom stereocenters. The van der Waals surface area contributed by atoms with Crippen LogP contribution in [0.5, 0.6) is 0 Å². The van der Waals surface area contributed by atoms with Gasteiger partial charge in [0.05, 0.1) is 37.6 Å². The van der Waals surface area contributed by atoms with Crippen molar-refractivity contribution in [3.8, 4) is 0 Å².